The molecular weight excluding hydrogens is 783 g/mol. The van der Waals surface area contributed by atoms with Gasteiger partial charge in [0.25, 0.3) is 0 Å². The Morgan fingerprint density at radius 3 is 0.967 bits per heavy atom. The molecule has 1 aliphatic heterocycles. The van der Waals surface area contributed by atoms with Gasteiger partial charge < -0.3 is 20.4 Å². The first-order valence-electron chi connectivity index (χ1n) is 25.7. The van der Waals surface area contributed by atoms with Crippen LogP contribution < -0.4 is 0 Å². The Hall–Kier alpha value is -1.99. The molecule has 350 valence electrons. The summed E-state index contributed by atoms with van der Waals surface area (Å²) in [5.41, 5.74) is 23.7. The van der Waals surface area contributed by atoms with E-state index in [1.807, 2.05) is 0 Å². The maximum Gasteiger partial charge on any atom is 2.00 e. The molecule has 61 heavy (non-hydrogen) atoms. The predicted molar refractivity (Wildman–Crippen MR) is 271 cm³/mol. The largest absolute Gasteiger partial charge is 2.00 e. The van der Waals surface area contributed by atoms with Crippen LogP contribution in [-0.2, 0) is 42.2 Å². The summed E-state index contributed by atoms with van der Waals surface area (Å²) < 4.78 is 1.59. The molecular formula is C58H98N2Ni. The third-order valence-corrected chi connectivity index (χ3v) is 12.8. The van der Waals surface area contributed by atoms with Crippen molar-refractivity contribution in [3.63, 3.8) is 0 Å². The molecule has 3 heteroatoms. The SMILES string of the molecule is CCCCCCCCCCCCCCc1cc(CCCC)cc(C2=CC(CCCC)=C(c3cc(CCCC)cc(CCCCCCCCCCCCCC)c3)[N+]2=[N-])c1.[CH3-].[CH3-].[Ni+2]. The van der Waals surface area contributed by atoms with Crippen LogP contribution in [0.2, 0.25) is 0 Å². The first kappa shape index (κ1) is 59.0. The van der Waals surface area contributed by atoms with Gasteiger partial charge in [0.2, 0.25) is 11.4 Å². The van der Waals surface area contributed by atoms with Crippen molar-refractivity contribution < 1.29 is 21.2 Å². The van der Waals surface area contributed by atoms with Crippen molar-refractivity contribution in [2.45, 2.75) is 259 Å². The fourth-order valence-corrected chi connectivity index (χ4v) is 9.11. The van der Waals surface area contributed by atoms with Crippen molar-refractivity contribution in [2.75, 3.05) is 0 Å². The zero-order chi connectivity index (χ0) is 41.5. The molecule has 0 radical (unpaired) electrons. The summed E-state index contributed by atoms with van der Waals surface area (Å²) in [5.74, 6) is 0. The van der Waals surface area contributed by atoms with Crippen LogP contribution in [0.15, 0.2) is 48.0 Å². The van der Waals surface area contributed by atoms with E-state index in [1.54, 1.807) is 4.70 Å². The first-order valence-corrected chi connectivity index (χ1v) is 25.7. The second-order valence-electron chi connectivity index (χ2n) is 18.4. The molecule has 2 nitrogen and oxygen atoms in total. The Balaban J connectivity index is 0.0000120. The minimum absolute atomic E-state index is 0. The zero-order valence-corrected chi connectivity index (χ0v) is 42.5. The van der Waals surface area contributed by atoms with E-state index >= 15 is 0 Å². The monoisotopic (exact) mass is 881 g/mol. The second kappa shape index (κ2) is 38.5. The number of allylic oxidation sites excluding steroid dienone is 2. The molecule has 2 aromatic rings. The van der Waals surface area contributed by atoms with E-state index in [9.17, 15) is 5.53 Å². The molecule has 1 aliphatic rings. The van der Waals surface area contributed by atoms with E-state index in [0.717, 1.165) is 56.3 Å². The summed E-state index contributed by atoms with van der Waals surface area (Å²) in [6, 6.07) is 14.6. The van der Waals surface area contributed by atoms with Crippen molar-refractivity contribution in [2.24, 2.45) is 0 Å². The summed E-state index contributed by atoms with van der Waals surface area (Å²) >= 11 is 0. The van der Waals surface area contributed by atoms with Crippen molar-refractivity contribution in [3.05, 3.63) is 102 Å². The molecule has 3 rings (SSSR count). The second-order valence-corrected chi connectivity index (χ2v) is 18.4. The van der Waals surface area contributed by atoms with E-state index in [-0.39, 0.29) is 31.3 Å². The van der Waals surface area contributed by atoms with Crippen molar-refractivity contribution >= 4 is 11.4 Å². The molecule has 0 atom stereocenters. The summed E-state index contributed by atoms with van der Waals surface area (Å²) in [4.78, 5) is 0. The molecule has 0 bridgehead atoms. The van der Waals surface area contributed by atoms with Crippen LogP contribution in [0.5, 0.6) is 0 Å². The number of unbranched alkanes of at least 4 members (excludes halogenated alkanes) is 25. The van der Waals surface area contributed by atoms with E-state index in [1.165, 1.54) is 219 Å². The van der Waals surface area contributed by atoms with Gasteiger partial charge in [0, 0.05) is 22.8 Å². The first-order chi connectivity index (χ1) is 28.5. The average molecular weight is 882 g/mol. The fourth-order valence-electron chi connectivity index (χ4n) is 9.11. The van der Waals surface area contributed by atoms with Gasteiger partial charge in [-0.1, -0.05) is 207 Å². The van der Waals surface area contributed by atoms with Gasteiger partial charge in [-0.05, 0) is 111 Å². The maximum atomic E-state index is 12.2. The topological polar surface area (TPSA) is 25.3 Å². The van der Waals surface area contributed by atoms with Crippen LogP contribution in [0.25, 0.3) is 16.9 Å². The van der Waals surface area contributed by atoms with Crippen LogP contribution >= 0.6 is 0 Å². The van der Waals surface area contributed by atoms with Crippen LogP contribution in [-0.4, -0.2) is 4.70 Å². The Morgan fingerprint density at radius 1 is 0.344 bits per heavy atom. The molecule has 2 aromatic carbocycles. The number of hydrogen-bond donors (Lipinski definition) is 0. The third kappa shape index (κ3) is 24.6. The van der Waals surface area contributed by atoms with Gasteiger partial charge in [-0.2, -0.15) is 0 Å². The molecule has 0 N–H and O–H groups in total. The van der Waals surface area contributed by atoms with Gasteiger partial charge in [-0.3, -0.25) is 0 Å². The standard InChI is InChI=1S/C56H92N2.2CH3.Ni/c1-6-11-16-18-20-22-24-26-28-30-32-34-38-50-41-48(36-13-8-3)43-53(44-50)55-47-52(40-15-10-5)56(58(55)57)54-45-49(37-14-9-4)42-51(46-54)39-35-33-31-29-27-25-23-21-19-17-12-7-2;;;/h41-47H,6-40H2,1-5H3;2*1H3;/q;2*-1;+2. The minimum Gasteiger partial charge on any atom is -0.493 e. The molecule has 0 fully saturated rings. The summed E-state index contributed by atoms with van der Waals surface area (Å²) in [6.07, 6.45) is 48.2. The predicted octanol–water partition coefficient (Wildman–Crippen LogP) is 19.7. The molecule has 0 aromatic heterocycles. The molecule has 0 aliphatic carbocycles. The quantitative estimate of drug-likeness (QED) is 0.0280. The van der Waals surface area contributed by atoms with Gasteiger partial charge in [0.1, 0.15) is 0 Å². The van der Waals surface area contributed by atoms with Crippen LogP contribution in [0.4, 0.5) is 0 Å². The van der Waals surface area contributed by atoms with E-state index in [2.05, 4.69) is 77.1 Å². The van der Waals surface area contributed by atoms with E-state index < -0.39 is 0 Å². The number of nitrogens with zero attached hydrogens (tertiary/aromatic N) is 2. The van der Waals surface area contributed by atoms with Gasteiger partial charge in [0.15, 0.2) is 0 Å². The van der Waals surface area contributed by atoms with Gasteiger partial charge in [-0.15, -0.1) is 0 Å². The van der Waals surface area contributed by atoms with Crippen molar-refractivity contribution in [1.29, 1.82) is 0 Å². The molecule has 0 spiro atoms. The van der Waals surface area contributed by atoms with E-state index in [0.29, 0.717) is 0 Å². The smallest absolute Gasteiger partial charge is 0.493 e. The Kier molecular flexibility index (Phi) is 37.2. The molecule has 0 saturated heterocycles. The molecule has 0 saturated carbocycles. The van der Waals surface area contributed by atoms with Gasteiger partial charge in [0.05, 0.1) is 0 Å². The molecule has 1 heterocycles. The maximum absolute atomic E-state index is 12.2. The van der Waals surface area contributed by atoms with Crippen molar-refractivity contribution in [3.8, 4) is 0 Å². The van der Waals surface area contributed by atoms with Crippen molar-refractivity contribution in [1.82, 2.24) is 0 Å². The number of rotatable bonds is 37. The van der Waals surface area contributed by atoms with Gasteiger partial charge >= 0.3 is 16.5 Å². The number of aryl methyl sites for hydroxylation is 4. The third-order valence-electron chi connectivity index (χ3n) is 12.8. The summed E-state index contributed by atoms with van der Waals surface area (Å²) in [6.45, 7) is 11.5. The zero-order valence-electron chi connectivity index (χ0n) is 41.5. The fraction of sp³-hybridized carbons (Fsp3) is 0.690. The van der Waals surface area contributed by atoms with Crippen LogP contribution in [0, 0.1) is 14.9 Å². The molecule has 0 amide bonds. The number of hydrogen-bond acceptors (Lipinski definition) is 0. The number of benzene rings is 2. The van der Waals surface area contributed by atoms with Crippen LogP contribution in [0.1, 0.15) is 267 Å². The summed E-state index contributed by atoms with van der Waals surface area (Å²) in [7, 11) is 0. The van der Waals surface area contributed by atoms with Crippen LogP contribution in [0.3, 0.4) is 0 Å². The normalized spacial score (nSPS) is 12.3. The molecule has 0 unspecified atom stereocenters. The Bertz CT molecular complexity index is 1450. The van der Waals surface area contributed by atoms with E-state index in [4.69, 9.17) is 0 Å². The Labute approximate surface area is 391 Å². The Morgan fingerprint density at radius 2 is 0.623 bits per heavy atom. The average Bonchev–Trinajstić information content (AvgIpc) is 3.57. The van der Waals surface area contributed by atoms with Gasteiger partial charge in [-0.25, -0.2) is 4.70 Å². The summed E-state index contributed by atoms with van der Waals surface area (Å²) in [5, 5.41) is 0. The minimum atomic E-state index is 0.